The number of nitrogens with zero attached hydrogens (tertiary/aromatic N) is 1. The van der Waals surface area contributed by atoms with Gasteiger partial charge in [0.25, 0.3) is 0 Å². The average Bonchev–Trinajstić information content (AvgIpc) is 2.42. The van der Waals surface area contributed by atoms with Gasteiger partial charge in [-0.05, 0) is 56.0 Å². The van der Waals surface area contributed by atoms with Gasteiger partial charge >= 0.3 is 0 Å². The Labute approximate surface area is 108 Å². The molecule has 0 saturated carbocycles. The van der Waals surface area contributed by atoms with Crippen LogP contribution in [0, 0.1) is 11.7 Å². The van der Waals surface area contributed by atoms with Crippen LogP contribution in [0.25, 0.3) is 0 Å². The fraction of sp³-hybridized carbons (Fsp3) is 0.600. The summed E-state index contributed by atoms with van der Waals surface area (Å²) in [7, 11) is 0. The summed E-state index contributed by atoms with van der Waals surface area (Å²) in [5.41, 5.74) is 1.20. The van der Waals surface area contributed by atoms with Crippen molar-refractivity contribution in [3.8, 4) is 0 Å². The molecule has 1 aromatic rings. The number of rotatable bonds is 4. The number of piperidine rings is 1. The Balaban J connectivity index is 2.03. The summed E-state index contributed by atoms with van der Waals surface area (Å²) < 4.78 is 13.0. The Morgan fingerprint density at radius 1 is 1.28 bits per heavy atom. The molecule has 18 heavy (non-hydrogen) atoms. The number of likely N-dealkylation sites (tertiary alicyclic amines) is 1. The van der Waals surface area contributed by atoms with Gasteiger partial charge in [-0.15, -0.1) is 0 Å². The van der Waals surface area contributed by atoms with E-state index in [1.165, 1.54) is 5.56 Å². The molecule has 1 atom stereocenters. The highest BCUT2D eigenvalue weighted by Crippen LogP contribution is 2.29. The van der Waals surface area contributed by atoms with Crippen molar-refractivity contribution in [2.75, 3.05) is 19.7 Å². The predicted molar refractivity (Wildman–Crippen MR) is 70.8 cm³/mol. The third kappa shape index (κ3) is 3.09. The van der Waals surface area contributed by atoms with Crippen molar-refractivity contribution >= 4 is 0 Å². The quantitative estimate of drug-likeness (QED) is 0.889. The smallest absolute Gasteiger partial charge is 0.123 e. The molecular weight excluding hydrogens is 229 g/mol. The van der Waals surface area contributed by atoms with Gasteiger partial charge in [0.05, 0.1) is 0 Å². The third-order valence-corrected chi connectivity index (χ3v) is 3.99. The maximum Gasteiger partial charge on any atom is 0.123 e. The largest absolute Gasteiger partial charge is 0.396 e. The standard InChI is InChI=1S/C15H22FNO/c1-2-15(13-3-5-14(16)6-4-13)17-9-7-12(11-18)8-10-17/h3-6,12,15,18H,2,7-11H2,1H3. The van der Waals surface area contributed by atoms with E-state index in [1.807, 2.05) is 12.1 Å². The summed E-state index contributed by atoms with van der Waals surface area (Å²) in [5.74, 6) is 0.291. The van der Waals surface area contributed by atoms with Crippen LogP contribution in [0.15, 0.2) is 24.3 Å². The summed E-state index contributed by atoms with van der Waals surface area (Å²) in [6.07, 6.45) is 3.16. The third-order valence-electron chi connectivity index (χ3n) is 3.99. The molecule has 0 amide bonds. The van der Waals surface area contributed by atoms with Gasteiger partial charge in [-0.3, -0.25) is 4.90 Å². The van der Waals surface area contributed by atoms with Crippen molar-refractivity contribution in [3.63, 3.8) is 0 Å². The van der Waals surface area contributed by atoms with Gasteiger partial charge in [-0.1, -0.05) is 19.1 Å². The van der Waals surface area contributed by atoms with Crippen molar-refractivity contribution < 1.29 is 9.50 Å². The summed E-state index contributed by atoms with van der Waals surface area (Å²) in [6.45, 7) is 4.54. The molecule has 1 aromatic carbocycles. The molecule has 0 bridgehead atoms. The minimum absolute atomic E-state index is 0.174. The number of aliphatic hydroxyl groups excluding tert-OH is 1. The molecule has 1 heterocycles. The second-order valence-electron chi connectivity index (χ2n) is 5.14. The second-order valence-corrected chi connectivity index (χ2v) is 5.14. The Morgan fingerprint density at radius 2 is 1.89 bits per heavy atom. The number of halogens is 1. The van der Waals surface area contributed by atoms with Gasteiger partial charge in [0, 0.05) is 12.6 Å². The van der Waals surface area contributed by atoms with Crippen LogP contribution in [0.5, 0.6) is 0 Å². The van der Waals surface area contributed by atoms with Crippen LogP contribution in [0.1, 0.15) is 37.8 Å². The van der Waals surface area contributed by atoms with E-state index in [0.29, 0.717) is 18.6 Å². The van der Waals surface area contributed by atoms with Gasteiger partial charge in [0.15, 0.2) is 0 Å². The van der Waals surface area contributed by atoms with E-state index in [2.05, 4.69) is 11.8 Å². The highest BCUT2D eigenvalue weighted by atomic mass is 19.1. The minimum Gasteiger partial charge on any atom is -0.396 e. The van der Waals surface area contributed by atoms with E-state index in [-0.39, 0.29) is 5.82 Å². The van der Waals surface area contributed by atoms with E-state index in [0.717, 1.165) is 32.4 Å². The van der Waals surface area contributed by atoms with Gasteiger partial charge in [0.2, 0.25) is 0 Å². The molecule has 2 nitrogen and oxygen atoms in total. The number of hydrogen-bond donors (Lipinski definition) is 1. The first-order valence-electron chi connectivity index (χ1n) is 6.85. The lowest BCUT2D eigenvalue weighted by Crippen LogP contribution is -2.37. The molecule has 0 radical (unpaired) electrons. The highest BCUT2D eigenvalue weighted by molar-refractivity contribution is 5.20. The maximum atomic E-state index is 13.0. The molecule has 1 N–H and O–H groups in total. The molecule has 3 heteroatoms. The van der Waals surface area contributed by atoms with Crippen LogP contribution >= 0.6 is 0 Å². The Hall–Kier alpha value is -0.930. The fourth-order valence-corrected chi connectivity index (χ4v) is 2.84. The summed E-state index contributed by atoms with van der Waals surface area (Å²) in [5, 5.41) is 9.16. The zero-order chi connectivity index (χ0) is 13.0. The predicted octanol–water partition coefficient (Wildman–Crippen LogP) is 2.98. The molecule has 0 aromatic heterocycles. The second kappa shape index (κ2) is 6.30. The van der Waals surface area contributed by atoms with Crippen LogP contribution < -0.4 is 0 Å². The maximum absolute atomic E-state index is 13.0. The van der Waals surface area contributed by atoms with Gasteiger partial charge in [0.1, 0.15) is 5.82 Å². The van der Waals surface area contributed by atoms with Crippen molar-refractivity contribution in [1.29, 1.82) is 0 Å². The van der Waals surface area contributed by atoms with Crippen molar-refractivity contribution in [1.82, 2.24) is 4.90 Å². The van der Waals surface area contributed by atoms with Crippen molar-refractivity contribution in [2.45, 2.75) is 32.2 Å². The average molecular weight is 251 g/mol. The Morgan fingerprint density at radius 3 is 2.39 bits per heavy atom. The first-order chi connectivity index (χ1) is 8.74. The Kier molecular flexibility index (Phi) is 4.72. The number of benzene rings is 1. The number of hydrogen-bond acceptors (Lipinski definition) is 2. The van der Waals surface area contributed by atoms with E-state index in [9.17, 15) is 4.39 Å². The van der Waals surface area contributed by atoms with Crippen LogP contribution in [0.4, 0.5) is 4.39 Å². The lowest BCUT2D eigenvalue weighted by Gasteiger charge is -2.37. The van der Waals surface area contributed by atoms with E-state index >= 15 is 0 Å². The van der Waals surface area contributed by atoms with Crippen LogP contribution in [0.3, 0.4) is 0 Å². The zero-order valence-electron chi connectivity index (χ0n) is 11.0. The van der Waals surface area contributed by atoms with E-state index in [1.54, 1.807) is 12.1 Å². The van der Waals surface area contributed by atoms with Gasteiger partial charge in [-0.25, -0.2) is 4.39 Å². The lowest BCUT2D eigenvalue weighted by molar-refractivity contribution is 0.0981. The lowest BCUT2D eigenvalue weighted by atomic mass is 9.94. The molecule has 100 valence electrons. The highest BCUT2D eigenvalue weighted by Gasteiger charge is 2.24. The molecule has 1 aliphatic heterocycles. The summed E-state index contributed by atoms with van der Waals surface area (Å²) >= 11 is 0. The summed E-state index contributed by atoms with van der Waals surface area (Å²) in [6, 6.07) is 7.24. The van der Waals surface area contributed by atoms with E-state index in [4.69, 9.17) is 5.11 Å². The summed E-state index contributed by atoms with van der Waals surface area (Å²) in [4.78, 5) is 2.46. The SMILES string of the molecule is CCC(c1ccc(F)cc1)N1CCC(CO)CC1. The van der Waals surface area contributed by atoms with Crippen LogP contribution in [-0.4, -0.2) is 29.7 Å². The molecule has 2 rings (SSSR count). The monoisotopic (exact) mass is 251 g/mol. The first-order valence-corrected chi connectivity index (χ1v) is 6.85. The molecule has 1 aliphatic rings. The van der Waals surface area contributed by atoms with Crippen molar-refractivity contribution in [3.05, 3.63) is 35.6 Å². The fourth-order valence-electron chi connectivity index (χ4n) is 2.84. The number of aliphatic hydroxyl groups is 1. The molecule has 0 aliphatic carbocycles. The molecule has 1 fully saturated rings. The normalized spacial score (nSPS) is 19.9. The molecule has 1 unspecified atom stereocenters. The van der Waals surface area contributed by atoms with Crippen LogP contribution in [0.2, 0.25) is 0 Å². The first kappa shape index (κ1) is 13.5. The van der Waals surface area contributed by atoms with E-state index < -0.39 is 0 Å². The minimum atomic E-state index is -0.174. The Bertz CT molecular complexity index is 357. The zero-order valence-corrected chi connectivity index (χ0v) is 11.0. The topological polar surface area (TPSA) is 23.5 Å². The van der Waals surface area contributed by atoms with Crippen molar-refractivity contribution in [2.24, 2.45) is 5.92 Å². The van der Waals surface area contributed by atoms with Crippen LogP contribution in [-0.2, 0) is 0 Å². The van der Waals surface area contributed by atoms with Gasteiger partial charge < -0.3 is 5.11 Å². The molecule has 1 saturated heterocycles. The van der Waals surface area contributed by atoms with Gasteiger partial charge in [-0.2, -0.15) is 0 Å². The molecular formula is C15H22FNO. The molecule has 0 spiro atoms.